The second-order valence-corrected chi connectivity index (χ2v) is 4.43. The number of hydrogen-bond donors (Lipinski definition) is 1. The van der Waals surface area contributed by atoms with Gasteiger partial charge in [0, 0.05) is 0 Å². The van der Waals surface area contributed by atoms with Crippen molar-refractivity contribution in [1.82, 2.24) is 0 Å². The first-order valence-corrected chi connectivity index (χ1v) is 4.49. The lowest BCUT2D eigenvalue weighted by Crippen LogP contribution is -2.18. The van der Waals surface area contributed by atoms with E-state index >= 15 is 0 Å². The van der Waals surface area contributed by atoms with Crippen molar-refractivity contribution in [3.8, 4) is 0 Å². The zero-order valence-corrected chi connectivity index (χ0v) is 6.22. The topological polar surface area (TPSA) is 20.2 Å². The Balaban J connectivity index is 2.23. The summed E-state index contributed by atoms with van der Waals surface area (Å²) in [7, 11) is 1.10. The van der Waals surface area contributed by atoms with Crippen molar-refractivity contribution in [3.63, 3.8) is 0 Å². The van der Waals surface area contributed by atoms with Crippen molar-refractivity contribution in [2.45, 2.75) is 31.5 Å². The van der Waals surface area contributed by atoms with E-state index in [2.05, 4.69) is 6.92 Å². The Kier molecular flexibility index (Phi) is 2.27. The first-order valence-electron chi connectivity index (χ1n) is 3.20. The van der Waals surface area contributed by atoms with Crippen LogP contribution in [0.4, 0.5) is 0 Å². The fraction of sp³-hybridized carbons (Fsp3) is 1.00. The quantitative estimate of drug-likeness (QED) is 0.491. The maximum atomic E-state index is 9.08. The summed E-state index contributed by atoms with van der Waals surface area (Å²) >= 11 is 0. The number of aliphatic hydroxyl groups excluding tert-OH is 1. The molecule has 8 heavy (non-hydrogen) atoms. The van der Waals surface area contributed by atoms with Crippen LogP contribution in [0.3, 0.4) is 0 Å². The Bertz CT molecular complexity index is 66.9. The third-order valence-corrected chi connectivity index (χ3v) is 3.11. The summed E-state index contributed by atoms with van der Waals surface area (Å²) in [6.45, 7) is 2.22. The van der Waals surface area contributed by atoms with E-state index in [9.17, 15) is 0 Å². The Labute approximate surface area is 52.3 Å². The maximum Gasteiger partial charge on any atom is 0.0549 e. The predicted octanol–water partition coefficient (Wildman–Crippen LogP) is 1.21. The molecule has 1 aliphatic rings. The summed E-state index contributed by atoms with van der Waals surface area (Å²) in [5.74, 6) is 0. The molecule has 1 nitrogen and oxygen atoms in total. The Morgan fingerprint density at radius 1 is 1.62 bits per heavy atom. The van der Waals surface area contributed by atoms with E-state index in [1.54, 1.807) is 0 Å². The molecule has 1 heterocycles. The smallest absolute Gasteiger partial charge is 0.0549 e. The second kappa shape index (κ2) is 2.80. The lowest BCUT2D eigenvalue weighted by molar-refractivity contribution is 0.157. The summed E-state index contributed by atoms with van der Waals surface area (Å²) in [4.78, 5) is 0. The van der Waals surface area contributed by atoms with E-state index in [0.29, 0.717) is 0 Å². The molecule has 0 aromatic heterocycles. The molecule has 0 aromatic rings. The van der Waals surface area contributed by atoms with Gasteiger partial charge in [0.1, 0.15) is 0 Å². The fourth-order valence-corrected chi connectivity index (χ4v) is 2.54. The van der Waals surface area contributed by atoms with Gasteiger partial charge in [-0.3, -0.25) is 0 Å². The first-order chi connectivity index (χ1) is 3.79. The lowest BCUT2D eigenvalue weighted by atomic mass is 10.1. The molecule has 1 fully saturated rings. The molecule has 2 heteroatoms. The fourth-order valence-electron chi connectivity index (χ4n) is 1.11. The SMILES string of the molecule is CC1CC(O)CCP1. The highest BCUT2D eigenvalue weighted by atomic mass is 31.1. The molecule has 1 N–H and O–H groups in total. The molecule has 1 rings (SSSR count). The monoisotopic (exact) mass is 132 g/mol. The van der Waals surface area contributed by atoms with Crippen molar-refractivity contribution in [3.05, 3.63) is 0 Å². The van der Waals surface area contributed by atoms with Gasteiger partial charge in [0.05, 0.1) is 6.10 Å². The van der Waals surface area contributed by atoms with Crippen molar-refractivity contribution in [2.75, 3.05) is 6.16 Å². The Hall–Kier alpha value is 0.390. The molecule has 0 saturated carbocycles. The minimum atomic E-state index is 0.0197. The summed E-state index contributed by atoms with van der Waals surface area (Å²) in [6.07, 6.45) is 3.36. The van der Waals surface area contributed by atoms with Crippen LogP contribution in [0.5, 0.6) is 0 Å². The molecule has 0 aliphatic carbocycles. The second-order valence-electron chi connectivity index (χ2n) is 2.53. The standard InChI is InChI=1S/C6H13OP/c1-5-4-6(7)2-3-8-5/h5-8H,2-4H2,1H3. The zero-order valence-electron chi connectivity index (χ0n) is 5.22. The van der Waals surface area contributed by atoms with Crippen LogP contribution in [0.2, 0.25) is 0 Å². The van der Waals surface area contributed by atoms with Gasteiger partial charge in [0.2, 0.25) is 0 Å². The normalized spacial score (nSPS) is 42.8. The van der Waals surface area contributed by atoms with Crippen LogP contribution in [0.25, 0.3) is 0 Å². The van der Waals surface area contributed by atoms with E-state index in [1.165, 1.54) is 6.16 Å². The zero-order chi connectivity index (χ0) is 5.98. The third-order valence-electron chi connectivity index (χ3n) is 1.60. The first kappa shape index (κ1) is 6.51. The highest BCUT2D eigenvalue weighted by Crippen LogP contribution is 2.30. The van der Waals surface area contributed by atoms with Gasteiger partial charge >= 0.3 is 0 Å². The summed E-state index contributed by atoms with van der Waals surface area (Å²) in [5.41, 5.74) is 0.791. The van der Waals surface area contributed by atoms with Gasteiger partial charge in [-0.2, -0.15) is 0 Å². The van der Waals surface area contributed by atoms with E-state index < -0.39 is 0 Å². The van der Waals surface area contributed by atoms with Gasteiger partial charge in [-0.1, -0.05) is 6.92 Å². The molecule has 1 saturated heterocycles. The van der Waals surface area contributed by atoms with Crippen LogP contribution in [-0.4, -0.2) is 23.0 Å². The largest absolute Gasteiger partial charge is 0.393 e. The molecule has 0 bridgehead atoms. The van der Waals surface area contributed by atoms with Gasteiger partial charge in [-0.15, -0.1) is 8.58 Å². The predicted molar refractivity (Wildman–Crippen MR) is 37.9 cm³/mol. The highest BCUT2D eigenvalue weighted by molar-refractivity contribution is 7.38. The Morgan fingerprint density at radius 2 is 2.38 bits per heavy atom. The summed E-state index contributed by atoms with van der Waals surface area (Å²) in [5, 5.41) is 9.08. The van der Waals surface area contributed by atoms with E-state index in [4.69, 9.17) is 5.11 Å². The number of rotatable bonds is 0. The summed E-state index contributed by atoms with van der Waals surface area (Å²) in [6, 6.07) is 0. The molecular weight excluding hydrogens is 119 g/mol. The number of aliphatic hydroxyl groups is 1. The van der Waals surface area contributed by atoms with Crippen LogP contribution in [-0.2, 0) is 0 Å². The Morgan fingerprint density at radius 3 is 2.75 bits per heavy atom. The average molecular weight is 132 g/mol. The van der Waals surface area contributed by atoms with Gasteiger partial charge in [0.25, 0.3) is 0 Å². The number of hydrogen-bond acceptors (Lipinski definition) is 1. The molecule has 3 atom stereocenters. The maximum absolute atomic E-state index is 9.08. The van der Waals surface area contributed by atoms with E-state index in [-0.39, 0.29) is 6.10 Å². The van der Waals surface area contributed by atoms with Crippen molar-refractivity contribution in [2.24, 2.45) is 0 Å². The van der Waals surface area contributed by atoms with Gasteiger partial charge in [0.15, 0.2) is 0 Å². The summed E-state index contributed by atoms with van der Waals surface area (Å²) < 4.78 is 0. The van der Waals surface area contributed by atoms with Gasteiger partial charge in [-0.05, 0) is 24.7 Å². The molecule has 3 unspecified atom stereocenters. The lowest BCUT2D eigenvalue weighted by Gasteiger charge is -2.21. The molecule has 0 radical (unpaired) electrons. The highest BCUT2D eigenvalue weighted by Gasteiger charge is 2.14. The van der Waals surface area contributed by atoms with Crippen LogP contribution in [0.15, 0.2) is 0 Å². The van der Waals surface area contributed by atoms with E-state index in [0.717, 1.165) is 27.1 Å². The van der Waals surface area contributed by atoms with Gasteiger partial charge < -0.3 is 5.11 Å². The van der Waals surface area contributed by atoms with Crippen molar-refractivity contribution < 1.29 is 5.11 Å². The van der Waals surface area contributed by atoms with Crippen LogP contribution in [0, 0.1) is 0 Å². The van der Waals surface area contributed by atoms with E-state index in [1.807, 2.05) is 0 Å². The molecule has 1 aliphatic heterocycles. The van der Waals surface area contributed by atoms with Crippen LogP contribution < -0.4 is 0 Å². The van der Waals surface area contributed by atoms with Crippen LogP contribution >= 0.6 is 8.58 Å². The molecule has 0 aromatic carbocycles. The van der Waals surface area contributed by atoms with Crippen molar-refractivity contribution in [1.29, 1.82) is 0 Å². The molecule has 0 spiro atoms. The molecule has 48 valence electrons. The van der Waals surface area contributed by atoms with Crippen LogP contribution in [0.1, 0.15) is 19.8 Å². The molecular formula is C6H13OP. The average Bonchev–Trinajstić information content (AvgIpc) is 1.64. The van der Waals surface area contributed by atoms with Gasteiger partial charge in [-0.25, -0.2) is 0 Å². The molecule has 0 amide bonds. The minimum Gasteiger partial charge on any atom is -0.393 e. The third kappa shape index (κ3) is 1.72. The van der Waals surface area contributed by atoms with Crippen molar-refractivity contribution >= 4 is 8.58 Å². The minimum absolute atomic E-state index is 0.0197.